The molecule has 0 aromatic heterocycles. The lowest BCUT2D eigenvalue weighted by molar-refractivity contribution is -0.144. The average Bonchev–Trinajstić information content (AvgIpc) is 2.89. The average molecular weight is 669 g/mol. The molecule has 10 heteroatoms. The van der Waals surface area contributed by atoms with Crippen LogP contribution in [0, 0.1) is 22.7 Å². The lowest BCUT2D eigenvalue weighted by Crippen LogP contribution is -2.29. The zero-order valence-electron chi connectivity index (χ0n) is 28.6. The first kappa shape index (κ1) is 42.3. The van der Waals surface area contributed by atoms with Crippen molar-refractivity contribution in [2.75, 3.05) is 76.5 Å². The lowest BCUT2D eigenvalue weighted by Gasteiger charge is -2.27. The molecule has 0 rings (SSSR count). The van der Waals surface area contributed by atoms with Crippen LogP contribution in [0.4, 0.5) is 0 Å². The van der Waals surface area contributed by atoms with Crippen molar-refractivity contribution in [3.63, 3.8) is 0 Å². The third-order valence-corrected chi connectivity index (χ3v) is 12.5. The molecule has 0 aliphatic heterocycles. The van der Waals surface area contributed by atoms with Gasteiger partial charge in [0.25, 0.3) is 0 Å². The van der Waals surface area contributed by atoms with Crippen molar-refractivity contribution < 1.29 is 19.1 Å². The molecule has 42 heavy (non-hydrogen) atoms. The minimum atomic E-state index is -0.120. The van der Waals surface area contributed by atoms with E-state index < -0.39 is 0 Å². The quantitative estimate of drug-likeness (QED) is 0.0485. The van der Waals surface area contributed by atoms with E-state index >= 15 is 0 Å². The minimum Gasteiger partial charge on any atom is -0.465 e. The van der Waals surface area contributed by atoms with Crippen LogP contribution in [0.5, 0.6) is 0 Å². The number of ether oxygens (including phenoxy) is 2. The Morgan fingerprint density at radius 1 is 0.690 bits per heavy atom. The van der Waals surface area contributed by atoms with Crippen LogP contribution in [-0.4, -0.2) is 98.2 Å². The smallest absolute Gasteiger partial charge is 0.307 e. The molecule has 0 radical (unpaired) electrons. The maximum Gasteiger partial charge on any atom is 0.307 e. The van der Waals surface area contributed by atoms with Crippen LogP contribution in [0.3, 0.4) is 0 Å². The highest BCUT2D eigenvalue weighted by atomic mass is 33.1. The zero-order valence-corrected chi connectivity index (χ0v) is 31.9. The van der Waals surface area contributed by atoms with Gasteiger partial charge in [-0.1, -0.05) is 105 Å². The van der Waals surface area contributed by atoms with Crippen LogP contribution in [0.25, 0.3) is 0 Å². The number of esters is 2. The number of carbonyl (C=O) groups excluding carboxylic acids is 2. The summed E-state index contributed by atoms with van der Waals surface area (Å²) in [6, 6.07) is 0. The molecule has 0 fully saturated rings. The summed E-state index contributed by atoms with van der Waals surface area (Å²) in [7, 11) is 11.5. The van der Waals surface area contributed by atoms with Crippen LogP contribution in [0.2, 0.25) is 0 Å². The van der Waals surface area contributed by atoms with E-state index in [9.17, 15) is 9.59 Å². The second-order valence-corrected chi connectivity index (χ2v) is 18.9. The standard InChI is InChI=1S/C32H64N2O4S4/c1-11-28(4)24-32(7,8)26-42-40-22-20-38-30(36)14-18-34(10)16-12-15-33(9)17-13-29(35)37-19-21-39-41-25-31(5,6)23-27(2)3/h27-28H,11-26H2,1-10H3. The Kier molecular flexibility index (Phi) is 24.6. The van der Waals surface area contributed by atoms with Crippen molar-refractivity contribution in [2.45, 2.75) is 93.9 Å². The summed E-state index contributed by atoms with van der Waals surface area (Å²) in [4.78, 5) is 28.5. The van der Waals surface area contributed by atoms with E-state index in [1.165, 1.54) is 19.3 Å². The third-order valence-electron chi connectivity index (χ3n) is 6.96. The number of hydrogen-bond donors (Lipinski definition) is 0. The second kappa shape index (κ2) is 24.5. The first-order chi connectivity index (χ1) is 19.7. The van der Waals surface area contributed by atoms with Crippen LogP contribution < -0.4 is 0 Å². The topological polar surface area (TPSA) is 59.1 Å². The Morgan fingerprint density at radius 3 is 1.52 bits per heavy atom. The summed E-state index contributed by atoms with van der Waals surface area (Å²) >= 11 is 0. The molecular weight excluding hydrogens is 605 g/mol. The predicted octanol–water partition coefficient (Wildman–Crippen LogP) is 8.40. The second-order valence-electron chi connectivity index (χ2n) is 13.7. The Labute approximate surface area is 275 Å². The Morgan fingerprint density at radius 2 is 1.12 bits per heavy atom. The molecule has 1 unspecified atom stereocenters. The van der Waals surface area contributed by atoms with Gasteiger partial charge in [-0.25, -0.2) is 0 Å². The van der Waals surface area contributed by atoms with Gasteiger partial charge in [0.15, 0.2) is 0 Å². The predicted molar refractivity (Wildman–Crippen MR) is 192 cm³/mol. The molecular formula is C32H64N2O4S4. The monoisotopic (exact) mass is 668 g/mol. The Hall–Kier alpha value is 0.260. The molecule has 0 amide bonds. The van der Waals surface area contributed by atoms with E-state index in [2.05, 4.69) is 65.2 Å². The summed E-state index contributed by atoms with van der Waals surface area (Å²) in [6.45, 7) is 22.6. The maximum absolute atomic E-state index is 12.1. The first-order valence-corrected chi connectivity index (χ1v) is 20.8. The highest BCUT2D eigenvalue weighted by Crippen LogP contribution is 2.35. The van der Waals surface area contributed by atoms with E-state index in [4.69, 9.17) is 9.47 Å². The molecule has 0 saturated heterocycles. The van der Waals surface area contributed by atoms with Gasteiger partial charge in [-0.05, 0) is 69.1 Å². The van der Waals surface area contributed by atoms with E-state index in [1.54, 1.807) is 21.6 Å². The van der Waals surface area contributed by atoms with Gasteiger partial charge in [0, 0.05) is 36.1 Å². The van der Waals surface area contributed by atoms with Crippen molar-refractivity contribution in [2.24, 2.45) is 22.7 Å². The van der Waals surface area contributed by atoms with E-state index in [0.717, 1.165) is 48.4 Å². The van der Waals surface area contributed by atoms with Crippen LogP contribution >= 0.6 is 43.2 Å². The van der Waals surface area contributed by atoms with Crippen molar-refractivity contribution >= 4 is 55.1 Å². The van der Waals surface area contributed by atoms with Gasteiger partial charge in [0.2, 0.25) is 0 Å². The summed E-state index contributed by atoms with van der Waals surface area (Å²) in [5.41, 5.74) is 0.689. The van der Waals surface area contributed by atoms with Gasteiger partial charge in [-0.3, -0.25) is 9.59 Å². The number of carbonyl (C=O) groups is 2. The van der Waals surface area contributed by atoms with Crippen molar-refractivity contribution in [1.82, 2.24) is 9.80 Å². The number of rotatable bonds is 27. The maximum atomic E-state index is 12.1. The molecule has 0 bridgehead atoms. The minimum absolute atomic E-state index is 0.118. The third kappa shape index (κ3) is 26.6. The molecule has 0 spiro atoms. The molecule has 0 aliphatic rings. The summed E-state index contributed by atoms with van der Waals surface area (Å²) in [6.07, 6.45) is 5.54. The van der Waals surface area contributed by atoms with Gasteiger partial charge in [-0.2, -0.15) is 0 Å². The summed E-state index contributed by atoms with van der Waals surface area (Å²) in [5.74, 6) is 5.15. The van der Waals surface area contributed by atoms with E-state index in [1.807, 2.05) is 35.7 Å². The van der Waals surface area contributed by atoms with Gasteiger partial charge < -0.3 is 19.3 Å². The van der Waals surface area contributed by atoms with Crippen LogP contribution in [0.15, 0.2) is 0 Å². The lowest BCUT2D eigenvalue weighted by atomic mass is 9.84. The molecule has 0 aromatic rings. The van der Waals surface area contributed by atoms with Gasteiger partial charge in [0.05, 0.1) is 12.8 Å². The normalized spacial score (nSPS) is 13.3. The molecule has 0 N–H and O–H groups in total. The molecule has 250 valence electrons. The van der Waals surface area contributed by atoms with Gasteiger partial charge >= 0.3 is 11.9 Å². The zero-order chi connectivity index (χ0) is 32.0. The fraction of sp³-hybridized carbons (Fsp3) is 0.938. The fourth-order valence-corrected chi connectivity index (χ4v) is 9.86. The first-order valence-electron chi connectivity index (χ1n) is 15.8. The van der Waals surface area contributed by atoms with Crippen LogP contribution in [-0.2, 0) is 19.1 Å². The SMILES string of the molecule is CCC(C)CC(C)(C)CSSCCOC(=O)CCN(C)CCCN(C)CCC(=O)OCCSSCC(C)(C)CC(C)C. The van der Waals surface area contributed by atoms with Gasteiger partial charge in [0.1, 0.15) is 13.2 Å². The van der Waals surface area contributed by atoms with Gasteiger partial charge in [-0.15, -0.1) is 0 Å². The molecule has 0 aromatic carbocycles. The fourth-order valence-electron chi connectivity index (χ4n) is 4.75. The van der Waals surface area contributed by atoms with Crippen molar-refractivity contribution in [1.29, 1.82) is 0 Å². The highest BCUT2D eigenvalue weighted by Gasteiger charge is 2.21. The summed E-state index contributed by atoms with van der Waals surface area (Å²) in [5, 5.41) is 0. The van der Waals surface area contributed by atoms with Crippen LogP contribution in [0.1, 0.15) is 93.9 Å². The molecule has 0 heterocycles. The number of hydrogen-bond acceptors (Lipinski definition) is 10. The highest BCUT2D eigenvalue weighted by molar-refractivity contribution is 8.77. The molecule has 0 saturated carbocycles. The molecule has 0 aliphatic carbocycles. The largest absolute Gasteiger partial charge is 0.465 e. The molecule has 1 atom stereocenters. The van der Waals surface area contributed by atoms with E-state index in [0.29, 0.717) is 55.9 Å². The number of nitrogens with zero attached hydrogens (tertiary/aromatic N) is 2. The van der Waals surface area contributed by atoms with E-state index in [-0.39, 0.29) is 11.9 Å². The molecule has 6 nitrogen and oxygen atoms in total. The Bertz CT molecular complexity index is 710. The van der Waals surface area contributed by atoms with Crippen molar-refractivity contribution in [3.8, 4) is 0 Å². The Balaban J connectivity index is 3.75. The van der Waals surface area contributed by atoms with Crippen molar-refractivity contribution in [3.05, 3.63) is 0 Å². The summed E-state index contributed by atoms with van der Waals surface area (Å²) < 4.78 is 10.8.